The molecule has 5 aliphatic rings. The van der Waals surface area contributed by atoms with Crippen LogP contribution in [0.2, 0.25) is 0 Å². The molecule has 30 heavy (non-hydrogen) atoms. The molecular formula is C23H32N2O4S. The third-order valence-corrected chi connectivity index (χ3v) is 9.99. The second-order valence-electron chi connectivity index (χ2n) is 10.0. The summed E-state index contributed by atoms with van der Waals surface area (Å²) in [6.45, 7) is 3.74. The molecule has 1 aromatic rings. The summed E-state index contributed by atoms with van der Waals surface area (Å²) in [6, 6.07) is 6.52. The SMILES string of the molecule is CC(NC(=O)c1ccc(S(=O)(=O)N2CCOCC2)cc1)C12CC3CC(CC(C3)C1)C2. The predicted octanol–water partition coefficient (Wildman–Crippen LogP) is 3.04. The fourth-order valence-corrected chi connectivity index (χ4v) is 8.26. The van der Waals surface area contributed by atoms with Crippen molar-refractivity contribution in [2.75, 3.05) is 26.3 Å². The molecule has 1 unspecified atom stereocenters. The highest BCUT2D eigenvalue weighted by atomic mass is 32.2. The second-order valence-corrected chi connectivity index (χ2v) is 12.0. The first kappa shape index (κ1) is 20.5. The quantitative estimate of drug-likeness (QED) is 0.776. The number of morpholine rings is 1. The standard InChI is InChI=1S/C23H32N2O4S/c1-16(23-13-17-10-18(14-23)12-19(11-17)15-23)24-22(26)20-2-4-21(5-3-20)30(27,28)25-6-8-29-9-7-25/h2-5,16-19H,6-15H2,1H3,(H,24,26). The Bertz CT molecular complexity index is 870. The average molecular weight is 433 g/mol. The van der Waals surface area contributed by atoms with Gasteiger partial charge >= 0.3 is 0 Å². The van der Waals surface area contributed by atoms with Crippen molar-refractivity contribution < 1.29 is 17.9 Å². The van der Waals surface area contributed by atoms with E-state index in [2.05, 4.69) is 12.2 Å². The topological polar surface area (TPSA) is 75.7 Å². The summed E-state index contributed by atoms with van der Waals surface area (Å²) in [6.07, 6.45) is 7.91. The van der Waals surface area contributed by atoms with Gasteiger partial charge in [0.05, 0.1) is 18.1 Å². The zero-order chi connectivity index (χ0) is 20.9. The molecular weight excluding hydrogens is 400 g/mol. The van der Waals surface area contributed by atoms with Crippen molar-refractivity contribution in [1.29, 1.82) is 0 Å². The van der Waals surface area contributed by atoms with E-state index in [0.29, 0.717) is 31.9 Å². The summed E-state index contributed by atoms with van der Waals surface area (Å²) in [5.41, 5.74) is 0.775. The van der Waals surface area contributed by atoms with Gasteiger partial charge in [-0.3, -0.25) is 4.79 Å². The molecule has 7 heteroatoms. The van der Waals surface area contributed by atoms with Gasteiger partial charge in [0, 0.05) is 24.7 Å². The lowest BCUT2D eigenvalue weighted by Gasteiger charge is -2.59. The fraction of sp³-hybridized carbons (Fsp3) is 0.696. The number of carbonyl (C=O) groups is 1. The molecule has 1 amide bonds. The van der Waals surface area contributed by atoms with Crippen LogP contribution in [0.3, 0.4) is 0 Å². The van der Waals surface area contributed by atoms with Crippen LogP contribution in [0.1, 0.15) is 55.8 Å². The van der Waals surface area contributed by atoms with Crippen molar-refractivity contribution in [2.24, 2.45) is 23.2 Å². The Labute approximate surface area is 179 Å². The molecule has 4 aliphatic carbocycles. The molecule has 0 aromatic heterocycles. The van der Waals surface area contributed by atoms with Gasteiger partial charge < -0.3 is 10.1 Å². The third-order valence-electron chi connectivity index (χ3n) is 8.08. The second kappa shape index (κ2) is 7.61. The van der Waals surface area contributed by atoms with Crippen LogP contribution in [-0.2, 0) is 14.8 Å². The number of ether oxygens (including phenoxy) is 1. The van der Waals surface area contributed by atoms with Gasteiger partial charge in [0.2, 0.25) is 10.0 Å². The van der Waals surface area contributed by atoms with Crippen LogP contribution < -0.4 is 5.32 Å². The number of sulfonamides is 1. The molecule has 1 atom stereocenters. The number of nitrogens with one attached hydrogen (secondary N) is 1. The maximum absolute atomic E-state index is 12.9. The normalized spacial score (nSPS) is 34.6. The van der Waals surface area contributed by atoms with Crippen LogP contribution in [0, 0.1) is 23.2 Å². The zero-order valence-corrected chi connectivity index (χ0v) is 18.5. The van der Waals surface area contributed by atoms with Crippen molar-refractivity contribution >= 4 is 15.9 Å². The molecule has 1 N–H and O–H groups in total. The van der Waals surface area contributed by atoms with Gasteiger partial charge in [0.1, 0.15) is 0 Å². The van der Waals surface area contributed by atoms with E-state index in [9.17, 15) is 13.2 Å². The molecule has 5 fully saturated rings. The summed E-state index contributed by atoms with van der Waals surface area (Å²) in [7, 11) is -3.54. The maximum Gasteiger partial charge on any atom is 0.251 e. The van der Waals surface area contributed by atoms with E-state index < -0.39 is 10.0 Å². The Morgan fingerprint density at radius 3 is 2.10 bits per heavy atom. The molecule has 6 nitrogen and oxygen atoms in total. The Balaban J connectivity index is 1.27. The van der Waals surface area contributed by atoms with Crippen molar-refractivity contribution in [3.63, 3.8) is 0 Å². The highest BCUT2D eigenvalue weighted by Crippen LogP contribution is 2.61. The lowest BCUT2D eigenvalue weighted by molar-refractivity contribution is -0.0688. The van der Waals surface area contributed by atoms with Gasteiger partial charge in [-0.15, -0.1) is 0 Å². The molecule has 0 radical (unpaired) electrons. The number of amides is 1. The number of hydrogen-bond donors (Lipinski definition) is 1. The monoisotopic (exact) mass is 432 g/mol. The van der Waals surface area contributed by atoms with E-state index in [0.717, 1.165) is 17.8 Å². The smallest absolute Gasteiger partial charge is 0.251 e. The third kappa shape index (κ3) is 3.59. The van der Waals surface area contributed by atoms with Crippen molar-refractivity contribution in [3.05, 3.63) is 29.8 Å². The highest BCUT2D eigenvalue weighted by molar-refractivity contribution is 7.89. The highest BCUT2D eigenvalue weighted by Gasteiger charge is 2.53. The number of rotatable bonds is 5. The minimum atomic E-state index is -3.54. The van der Waals surface area contributed by atoms with Crippen molar-refractivity contribution in [3.8, 4) is 0 Å². The van der Waals surface area contributed by atoms with Gasteiger partial charge in [0.15, 0.2) is 0 Å². The molecule has 4 saturated carbocycles. The van der Waals surface area contributed by atoms with Gasteiger partial charge in [-0.05, 0) is 92.9 Å². The molecule has 1 heterocycles. The Morgan fingerprint density at radius 2 is 1.57 bits per heavy atom. The molecule has 164 valence electrons. The van der Waals surface area contributed by atoms with Crippen LogP contribution in [-0.4, -0.2) is 51.0 Å². The van der Waals surface area contributed by atoms with Gasteiger partial charge in [-0.1, -0.05) is 0 Å². The van der Waals surface area contributed by atoms with Crippen molar-refractivity contribution in [2.45, 2.75) is 56.4 Å². The van der Waals surface area contributed by atoms with Crippen LogP contribution in [0.5, 0.6) is 0 Å². The molecule has 1 aromatic carbocycles. The molecule has 0 spiro atoms. The molecule has 1 saturated heterocycles. The van der Waals surface area contributed by atoms with E-state index in [1.165, 1.54) is 42.8 Å². The van der Waals surface area contributed by atoms with E-state index >= 15 is 0 Å². The first-order chi connectivity index (χ1) is 14.4. The first-order valence-electron chi connectivity index (χ1n) is 11.3. The van der Waals surface area contributed by atoms with Crippen LogP contribution >= 0.6 is 0 Å². The van der Waals surface area contributed by atoms with Crippen molar-refractivity contribution in [1.82, 2.24) is 9.62 Å². The van der Waals surface area contributed by atoms with E-state index in [1.807, 2.05) is 0 Å². The Morgan fingerprint density at radius 1 is 1.03 bits per heavy atom. The summed E-state index contributed by atoms with van der Waals surface area (Å²) >= 11 is 0. The maximum atomic E-state index is 12.9. The van der Waals surface area contributed by atoms with Crippen LogP contribution in [0.15, 0.2) is 29.2 Å². The number of nitrogens with zero attached hydrogens (tertiary/aromatic N) is 1. The van der Waals surface area contributed by atoms with Gasteiger partial charge in [-0.25, -0.2) is 8.42 Å². The number of benzene rings is 1. The largest absolute Gasteiger partial charge is 0.379 e. The van der Waals surface area contributed by atoms with Crippen LogP contribution in [0.4, 0.5) is 0 Å². The summed E-state index contributed by atoms with van der Waals surface area (Å²) in [5, 5.41) is 3.26. The van der Waals surface area contributed by atoms with E-state index in [-0.39, 0.29) is 22.3 Å². The van der Waals surface area contributed by atoms with Gasteiger partial charge in [0.25, 0.3) is 5.91 Å². The summed E-state index contributed by atoms with van der Waals surface area (Å²) in [4.78, 5) is 13.2. The predicted molar refractivity (Wildman–Crippen MR) is 114 cm³/mol. The minimum absolute atomic E-state index is 0.103. The van der Waals surface area contributed by atoms with Gasteiger partial charge in [-0.2, -0.15) is 4.31 Å². The number of carbonyl (C=O) groups excluding carboxylic acids is 1. The summed E-state index contributed by atoms with van der Waals surface area (Å²) < 4.78 is 32.2. The fourth-order valence-electron chi connectivity index (χ4n) is 6.86. The lowest BCUT2D eigenvalue weighted by atomic mass is 9.48. The van der Waals surface area contributed by atoms with E-state index in [4.69, 9.17) is 4.74 Å². The van der Waals surface area contributed by atoms with Crippen LogP contribution in [0.25, 0.3) is 0 Å². The zero-order valence-electron chi connectivity index (χ0n) is 17.7. The Kier molecular flexibility index (Phi) is 5.19. The average Bonchev–Trinajstić information content (AvgIpc) is 2.73. The molecule has 6 rings (SSSR count). The summed E-state index contributed by atoms with van der Waals surface area (Å²) in [5.74, 6) is 2.44. The lowest BCUT2D eigenvalue weighted by Crippen LogP contribution is -2.55. The molecule has 1 aliphatic heterocycles. The first-order valence-corrected chi connectivity index (χ1v) is 12.8. The van der Waals surface area contributed by atoms with E-state index in [1.54, 1.807) is 24.3 Å². The number of hydrogen-bond acceptors (Lipinski definition) is 4. The molecule has 4 bridgehead atoms. The minimum Gasteiger partial charge on any atom is -0.379 e. The Hall–Kier alpha value is -1.44.